The van der Waals surface area contributed by atoms with Gasteiger partial charge in [0.1, 0.15) is 5.75 Å². The van der Waals surface area contributed by atoms with E-state index < -0.39 is 18.4 Å². The van der Waals surface area contributed by atoms with Crippen molar-refractivity contribution >= 4 is 23.9 Å². The van der Waals surface area contributed by atoms with Gasteiger partial charge in [0.25, 0.3) is 0 Å². The molecule has 5 rings (SSSR count). The van der Waals surface area contributed by atoms with Crippen LogP contribution >= 0.6 is 7.37 Å². The van der Waals surface area contributed by atoms with Crippen molar-refractivity contribution in [3.05, 3.63) is 139 Å². The number of nitrogens with zero attached hydrogens (tertiary/aromatic N) is 1. The number of hydroxylamine groups is 2. The van der Waals surface area contributed by atoms with E-state index >= 15 is 0 Å². The summed E-state index contributed by atoms with van der Waals surface area (Å²) >= 11 is 0. The van der Waals surface area contributed by atoms with Gasteiger partial charge >= 0.3 is 7.37 Å². The Labute approximate surface area is 311 Å². The summed E-state index contributed by atoms with van der Waals surface area (Å²) in [4.78, 5) is 12.8. The zero-order chi connectivity index (χ0) is 37.2. The highest BCUT2D eigenvalue weighted by molar-refractivity contribution is 7.74. The average molecular weight is 720 g/mol. The number of rotatable bonds is 16. The Morgan fingerprint density at radius 2 is 1.31 bits per heavy atom. The zero-order valence-electron chi connectivity index (χ0n) is 31.5. The van der Waals surface area contributed by atoms with Gasteiger partial charge in [-0.3, -0.25) is 9.36 Å². The number of hydrogen-bond donors (Lipinski definition) is 1. The van der Waals surface area contributed by atoms with Crippen LogP contribution in [0.3, 0.4) is 0 Å². The van der Waals surface area contributed by atoms with E-state index in [1.807, 2.05) is 100 Å². The van der Waals surface area contributed by atoms with Crippen molar-refractivity contribution in [1.29, 1.82) is 0 Å². The first kappa shape index (κ1) is 39.3. The minimum absolute atomic E-state index is 0.0189. The van der Waals surface area contributed by atoms with Crippen LogP contribution in [0.2, 0.25) is 0 Å². The molecule has 1 aliphatic rings. The largest absolute Gasteiger partial charge is 0.437 e. The fraction of sp³-hybridized carbons (Fsp3) is 0.400. The van der Waals surface area contributed by atoms with Crippen LogP contribution in [-0.2, 0) is 14.6 Å². The van der Waals surface area contributed by atoms with Crippen LogP contribution in [0.15, 0.2) is 127 Å². The van der Waals surface area contributed by atoms with Gasteiger partial charge in [0.05, 0.1) is 10.6 Å². The summed E-state index contributed by atoms with van der Waals surface area (Å²) in [7, 11) is -3.34. The molecule has 0 saturated carbocycles. The predicted octanol–water partition coefficient (Wildman–Crippen LogP) is 10.3. The molecular weight excluding hydrogens is 663 g/mol. The third-order valence-corrected chi connectivity index (χ3v) is 12.9. The van der Waals surface area contributed by atoms with Crippen LogP contribution in [0.1, 0.15) is 109 Å². The van der Waals surface area contributed by atoms with Crippen molar-refractivity contribution in [3.8, 4) is 5.75 Å². The molecule has 0 bridgehead atoms. The molecule has 1 amide bonds. The second-order valence-electron chi connectivity index (χ2n) is 15.5. The van der Waals surface area contributed by atoms with Crippen molar-refractivity contribution in [2.45, 2.75) is 115 Å². The van der Waals surface area contributed by atoms with Crippen molar-refractivity contribution in [3.63, 3.8) is 0 Å². The lowest BCUT2D eigenvalue weighted by Crippen LogP contribution is -2.62. The van der Waals surface area contributed by atoms with E-state index in [1.54, 1.807) is 0 Å². The first-order valence-corrected chi connectivity index (χ1v) is 20.5. The Bertz CT molecular complexity index is 1710. The van der Waals surface area contributed by atoms with E-state index in [1.165, 1.54) is 16.2 Å². The molecule has 4 aromatic rings. The van der Waals surface area contributed by atoms with Crippen LogP contribution in [0.5, 0.6) is 5.75 Å². The van der Waals surface area contributed by atoms with Crippen LogP contribution < -0.4 is 20.4 Å². The highest BCUT2D eigenvalue weighted by Crippen LogP contribution is 2.45. The summed E-state index contributed by atoms with van der Waals surface area (Å²) in [6.45, 7) is 10.1. The van der Waals surface area contributed by atoms with Crippen molar-refractivity contribution < 1.29 is 19.1 Å². The van der Waals surface area contributed by atoms with Gasteiger partial charge < -0.3 is 9.84 Å². The molecule has 2 atom stereocenters. The zero-order valence-corrected chi connectivity index (χ0v) is 32.4. The van der Waals surface area contributed by atoms with E-state index in [-0.39, 0.29) is 11.9 Å². The highest BCUT2D eigenvalue weighted by Gasteiger charge is 2.46. The number of carbonyl (C=O) groups is 1. The molecule has 7 heteroatoms. The van der Waals surface area contributed by atoms with E-state index in [0.29, 0.717) is 47.5 Å². The lowest BCUT2D eigenvalue weighted by molar-refractivity contribution is -0.290. The molecule has 4 aromatic carbocycles. The summed E-state index contributed by atoms with van der Waals surface area (Å²) in [6, 6.07) is 37.8. The summed E-state index contributed by atoms with van der Waals surface area (Å²) < 4.78 is 20.8. The van der Waals surface area contributed by atoms with Gasteiger partial charge in [-0.05, 0) is 132 Å². The summed E-state index contributed by atoms with van der Waals surface area (Å²) in [5.41, 5.74) is 1.58. The number of hydrogen-bond acceptors (Lipinski definition) is 4. The molecule has 1 N–H and O–H groups in total. The third-order valence-electron chi connectivity index (χ3n) is 10.4. The van der Waals surface area contributed by atoms with Crippen molar-refractivity contribution in [2.75, 3.05) is 0 Å². The molecule has 275 valence electrons. The molecule has 1 radical (unpaired) electrons. The molecule has 0 aromatic heterocycles. The summed E-state index contributed by atoms with van der Waals surface area (Å²) in [6.07, 6.45) is 10.8. The second-order valence-corrected chi connectivity index (χ2v) is 17.8. The van der Waals surface area contributed by atoms with Gasteiger partial charge in [0.2, 0.25) is 5.91 Å². The van der Waals surface area contributed by atoms with E-state index in [9.17, 15) is 14.6 Å². The molecule has 6 nitrogen and oxygen atoms in total. The van der Waals surface area contributed by atoms with Crippen LogP contribution in [0, 0.1) is 0 Å². The van der Waals surface area contributed by atoms with Crippen molar-refractivity contribution in [1.82, 2.24) is 10.4 Å². The third kappa shape index (κ3) is 10.1. The lowest BCUT2D eigenvalue weighted by Gasteiger charge is -2.50. The fourth-order valence-electron chi connectivity index (χ4n) is 7.85. The number of carbonyl (C=O) groups excluding carboxylic acids is 1. The first-order chi connectivity index (χ1) is 24.9. The standard InChI is InChI=1S/C45H56N2O4P/c1-6-35(37-28-30-40(31-29-37)51-52(50,41-23-15-10-16-24-41)42-25-17-11-18-26-42)32-38(36-20-13-9-14-21-36)22-12-7-8-19-27-43(48)46-39-33-44(2,3)47(49)45(4,5)34-39/h7,9-18,20-21,23-26,28-31,35,38-39H,6,8,19,22,27,32-34H2,1-5H3,(H,46,48)/b12-7+. The quantitative estimate of drug-likeness (QED) is 0.0710. The number of piperidine rings is 1. The van der Waals surface area contributed by atoms with Crippen LogP contribution in [-0.4, -0.2) is 28.1 Å². The van der Waals surface area contributed by atoms with Gasteiger partial charge in [-0.15, -0.1) is 10.3 Å². The van der Waals surface area contributed by atoms with Crippen molar-refractivity contribution in [2.24, 2.45) is 0 Å². The number of nitrogens with one attached hydrogen (secondary N) is 1. The molecular formula is C45H56N2O4P. The lowest BCUT2D eigenvalue weighted by atomic mass is 9.79. The van der Waals surface area contributed by atoms with E-state index in [0.717, 1.165) is 32.1 Å². The summed E-state index contributed by atoms with van der Waals surface area (Å²) in [5.74, 6) is 1.34. The number of benzene rings is 4. The minimum atomic E-state index is -3.34. The van der Waals surface area contributed by atoms with Gasteiger partial charge in [-0.2, -0.15) is 0 Å². The Hall–Kier alpha value is -3.96. The van der Waals surface area contributed by atoms with Crippen LogP contribution in [0.25, 0.3) is 0 Å². The average Bonchev–Trinajstić information content (AvgIpc) is 3.14. The molecule has 1 fully saturated rings. The van der Waals surface area contributed by atoms with E-state index in [4.69, 9.17) is 4.52 Å². The monoisotopic (exact) mass is 719 g/mol. The number of amides is 1. The SMILES string of the molecule is CCC(CC(C/C=C/CCCC(=O)NC1CC(C)(C)N([O])C(C)(C)C1)c1ccccc1)c1ccc(OP(=O)(c2ccccc2)c2ccccc2)cc1. The maximum atomic E-state index is 14.4. The Morgan fingerprint density at radius 1 is 0.788 bits per heavy atom. The smallest absolute Gasteiger partial charge is 0.306 e. The van der Waals surface area contributed by atoms with Gasteiger partial charge in [0, 0.05) is 23.5 Å². The van der Waals surface area contributed by atoms with Gasteiger partial charge in [-0.1, -0.05) is 97.9 Å². The molecule has 52 heavy (non-hydrogen) atoms. The number of allylic oxidation sites excluding steroid dienone is 2. The topological polar surface area (TPSA) is 78.5 Å². The van der Waals surface area contributed by atoms with E-state index in [2.05, 4.69) is 66.9 Å². The summed E-state index contributed by atoms with van der Waals surface area (Å²) in [5, 5.41) is 18.4. The molecule has 1 heterocycles. The molecule has 1 aliphatic heterocycles. The maximum Gasteiger partial charge on any atom is 0.306 e. The Kier molecular flexibility index (Phi) is 13.4. The number of unbranched alkanes of at least 4 members (excludes halogenated alkanes) is 1. The highest BCUT2D eigenvalue weighted by atomic mass is 31.2. The minimum Gasteiger partial charge on any atom is -0.437 e. The normalized spacial score (nSPS) is 17.4. The van der Waals surface area contributed by atoms with Gasteiger partial charge in [0.15, 0.2) is 0 Å². The Morgan fingerprint density at radius 3 is 1.85 bits per heavy atom. The van der Waals surface area contributed by atoms with Gasteiger partial charge in [-0.25, -0.2) is 0 Å². The second kappa shape index (κ2) is 17.7. The predicted molar refractivity (Wildman–Crippen MR) is 213 cm³/mol. The molecule has 2 unspecified atom stereocenters. The Balaban J connectivity index is 1.18. The molecule has 0 aliphatic carbocycles. The van der Waals surface area contributed by atoms with Crippen LogP contribution in [0.4, 0.5) is 0 Å². The molecule has 1 saturated heterocycles. The first-order valence-electron chi connectivity index (χ1n) is 18.9. The maximum absolute atomic E-state index is 14.4. The molecule has 0 spiro atoms. The fourth-order valence-corrected chi connectivity index (χ4v) is 9.91.